The fourth-order valence-electron chi connectivity index (χ4n) is 2.53. The van der Waals surface area contributed by atoms with Gasteiger partial charge in [0.15, 0.2) is 0 Å². The maximum atomic E-state index is 12.4. The van der Waals surface area contributed by atoms with Gasteiger partial charge in [0, 0.05) is 6.54 Å². The molecule has 132 valence electrons. The van der Waals surface area contributed by atoms with Crippen LogP contribution in [0.25, 0.3) is 11.1 Å². The molecule has 26 heavy (non-hydrogen) atoms. The van der Waals surface area contributed by atoms with Crippen molar-refractivity contribution >= 4 is 22.6 Å². The molecule has 0 unspecified atom stereocenters. The SMILES string of the molecule is O=S(=O)(NCc1ccc(B(O)O)cc1)c1ccc(-c2ccccc2)cc1. The Kier molecular flexibility index (Phi) is 5.53. The van der Waals surface area contributed by atoms with E-state index in [9.17, 15) is 8.42 Å². The molecule has 0 aliphatic rings. The van der Waals surface area contributed by atoms with Crippen LogP contribution in [0.15, 0.2) is 83.8 Å². The Bertz CT molecular complexity index is 957. The van der Waals surface area contributed by atoms with Crippen LogP contribution in [0.3, 0.4) is 0 Å². The first kappa shape index (κ1) is 18.3. The largest absolute Gasteiger partial charge is 0.488 e. The van der Waals surface area contributed by atoms with E-state index in [4.69, 9.17) is 10.0 Å². The van der Waals surface area contributed by atoms with Crippen LogP contribution < -0.4 is 10.2 Å². The zero-order chi connectivity index (χ0) is 18.6. The minimum atomic E-state index is -3.63. The molecule has 0 aliphatic carbocycles. The third kappa shape index (κ3) is 4.39. The van der Waals surface area contributed by atoms with Crippen LogP contribution in [0.4, 0.5) is 0 Å². The lowest BCUT2D eigenvalue weighted by atomic mass is 9.80. The molecule has 3 N–H and O–H groups in total. The lowest BCUT2D eigenvalue weighted by Gasteiger charge is -2.09. The Morgan fingerprint density at radius 1 is 0.769 bits per heavy atom. The molecule has 0 aliphatic heterocycles. The highest BCUT2D eigenvalue weighted by Gasteiger charge is 2.14. The van der Waals surface area contributed by atoms with Gasteiger partial charge in [0.05, 0.1) is 4.90 Å². The Morgan fingerprint density at radius 3 is 1.92 bits per heavy atom. The van der Waals surface area contributed by atoms with E-state index in [1.54, 1.807) is 48.5 Å². The predicted octanol–water partition coefficient (Wildman–Crippen LogP) is 1.51. The summed E-state index contributed by atoms with van der Waals surface area (Å²) in [4.78, 5) is 0.194. The van der Waals surface area contributed by atoms with Crippen LogP contribution in [-0.4, -0.2) is 25.6 Å². The van der Waals surface area contributed by atoms with Gasteiger partial charge in [0.1, 0.15) is 0 Å². The van der Waals surface area contributed by atoms with Gasteiger partial charge in [0.2, 0.25) is 10.0 Å². The third-order valence-electron chi connectivity index (χ3n) is 4.02. The zero-order valence-corrected chi connectivity index (χ0v) is 14.7. The summed E-state index contributed by atoms with van der Waals surface area (Å²) < 4.78 is 27.4. The average molecular weight is 367 g/mol. The van der Waals surface area contributed by atoms with Gasteiger partial charge in [-0.05, 0) is 34.3 Å². The Balaban J connectivity index is 1.70. The van der Waals surface area contributed by atoms with Crippen LogP contribution in [0.2, 0.25) is 0 Å². The number of benzene rings is 3. The van der Waals surface area contributed by atoms with Gasteiger partial charge >= 0.3 is 7.12 Å². The molecule has 3 aromatic carbocycles. The molecular weight excluding hydrogens is 349 g/mol. The molecule has 0 amide bonds. The van der Waals surface area contributed by atoms with Gasteiger partial charge in [-0.3, -0.25) is 0 Å². The summed E-state index contributed by atoms with van der Waals surface area (Å²) in [6, 6.07) is 22.8. The normalized spacial score (nSPS) is 11.3. The van der Waals surface area contributed by atoms with Gasteiger partial charge in [-0.1, -0.05) is 66.7 Å². The molecule has 0 fully saturated rings. The number of sulfonamides is 1. The molecule has 3 aromatic rings. The van der Waals surface area contributed by atoms with E-state index in [2.05, 4.69) is 4.72 Å². The number of hydrogen-bond acceptors (Lipinski definition) is 4. The molecule has 0 atom stereocenters. The molecule has 5 nitrogen and oxygen atoms in total. The first-order chi connectivity index (χ1) is 12.5. The van der Waals surface area contributed by atoms with E-state index < -0.39 is 17.1 Å². The molecule has 0 saturated heterocycles. The van der Waals surface area contributed by atoms with Crippen molar-refractivity contribution in [3.63, 3.8) is 0 Å². The van der Waals surface area contributed by atoms with Crippen LogP contribution in [0, 0.1) is 0 Å². The van der Waals surface area contributed by atoms with Crippen molar-refractivity contribution in [1.82, 2.24) is 4.72 Å². The van der Waals surface area contributed by atoms with E-state index in [1.807, 2.05) is 30.3 Å². The smallest absolute Gasteiger partial charge is 0.423 e. The molecule has 3 rings (SSSR count). The standard InChI is InChI=1S/C19H18BNO4S/c22-20(23)18-10-6-15(7-11-18)14-21-26(24,25)19-12-8-17(9-13-19)16-4-2-1-3-5-16/h1-13,21-23H,14H2. The van der Waals surface area contributed by atoms with Gasteiger partial charge in [-0.15, -0.1) is 0 Å². The van der Waals surface area contributed by atoms with Crippen molar-refractivity contribution in [2.45, 2.75) is 11.4 Å². The molecule has 0 heterocycles. The monoisotopic (exact) mass is 367 g/mol. The molecule has 0 saturated carbocycles. The first-order valence-corrected chi connectivity index (χ1v) is 9.54. The van der Waals surface area contributed by atoms with E-state index in [-0.39, 0.29) is 11.4 Å². The van der Waals surface area contributed by atoms with E-state index >= 15 is 0 Å². The fourth-order valence-corrected chi connectivity index (χ4v) is 3.54. The highest BCUT2D eigenvalue weighted by Crippen LogP contribution is 2.21. The number of nitrogens with one attached hydrogen (secondary N) is 1. The van der Waals surface area contributed by atoms with Crippen molar-refractivity contribution in [3.8, 4) is 11.1 Å². The minimum absolute atomic E-state index is 0.116. The second-order valence-electron chi connectivity index (χ2n) is 5.83. The first-order valence-electron chi connectivity index (χ1n) is 8.06. The van der Waals surface area contributed by atoms with Crippen LogP contribution in [0.5, 0.6) is 0 Å². The summed E-state index contributed by atoms with van der Waals surface area (Å²) in [5.41, 5.74) is 3.05. The summed E-state index contributed by atoms with van der Waals surface area (Å²) in [6.45, 7) is 0.116. The average Bonchev–Trinajstić information content (AvgIpc) is 2.67. The number of rotatable bonds is 6. The van der Waals surface area contributed by atoms with Crippen molar-refractivity contribution < 1.29 is 18.5 Å². The Hall–Kier alpha value is -2.45. The minimum Gasteiger partial charge on any atom is -0.423 e. The topological polar surface area (TPSA) is 86.6 Å². The molecule has 0 spiro atoms. The van der Waals surface area contributed by atoms with Crippen LogP contribution >= 0.6 is 0 Å². The Labute approximate surface area is 153 Å². The summed E-state index contributed by atoms with van der Waals surface area (Å²) in [5.74, 6) is 0. The zero-order valence-electron chi connectivity index (χ0n) is 13.9. The lowest BCUT2D eigenvalue weighted by Crippen LogP contribution is -2.30. The van der Waals surface area contributed by atoms with Gasteiger partial charge in [-0.25, -0.2) is 13.1 Å². The van der Waals surface area contributed by atoms with Crippen molar-refractivity contribution in [3.05, 3.63) is 84.4 Å². The summed E-state index contributed by atoms with van der Waals surface area (Å²) in [5, 5.41) is 18.1. The number of hydrogen-bond donors (Lipinski definition) is 3. The van der Waals surface area contributed by atoms with Crippen LogP contribution in [-0.2, 0) is 16.6 Å². The van der Waals surface area contributed by atoms with Crippen molar-refractivity contribution in [1.29, 1.82) is 0 Å². The van der Waals surface area contributed by atoms with Gasteiger partial charge < -0.3 is 10.0 Å². The predicted molar refractivity (Wildman–Crippen MR) is 102 cm³/mol. The highest BCUT2D eigenvalue weighted by molar-refractivity contribution is 7.89. The van der Waals surface area contributed by atoms with Crippen molar-refractivity contribution in [2.75, 3.05) is 0 Å². The second kappa shape index (κ2) is 7.84. The Morgan fingerprint density at radius 2 is 1.35 bits per heavy atom. The maximum Gasteiger partial charge on any atom is 0.488 e. The van der Waals surface area contributed by atoms with Crippen LogP contribution in [0.1, 0.15) is 5.56 Å². The summed E-state index contributed by atoms with van der Waals surface area (Å²) in [6.07, 6.45) is 0. The lowest BCUT2D eigenvalue weighted by molar-refractivity contribution is 0.425. The molecule has 0 radical (unpaired) electrons. The highest BCUT2D eigenvalue weighted by atomic mass is 32.2. The maximum absolute atomic E-state index is 12.4. The molecule has 7 heteroatoms. The summed E-state index contributed by atoms with van der Waals surface area (Å²) >= 11 is 0. The molecular formula is C19H18BNO4S. The fraction of sp³-hybridized carbons (Fsp3) is 0.0526. The quantitative estimate of drug-likeness (QED) is 0.577. The van der Waals surface area contributed by atoms with E-state index in [0.29, 0.717) is 5.46 Å². The third-order valence-corrected chi connectivity index (χ3v) is 5.43. The van der Waals surface area contributed by atoms with E-state index in [0.717, 1.165) is 16.7 Å². The van der Waals surface area contributed by atoms with E-state index in [1.165, 1.54) is 0 Å². The van der Waals surface area contributed by atoms with Gasteiger partial charge in [0.25, 0.3) is 0 Å². The van der Waals surface area contributed by atoms with Gasteiger partial charge in [-0.2, -0.15) is 0 Å². The summed E-state index contributed by atoms with van der Waals surface area (Å²) in [7, 11) is -5.17. The second-order valence-corrected chi connectivity index (χ2v) is 7.60. The van der Waals surface area contributed by atoms with Crippen molar-refractivity contribution in [2.24, 2.45) is 0 Å². The molecule has 0 bridgehead atoms. The molecule has 0 aromatic heterocycles.